The van der Waals surface area contributed by atoms with Crippen molar-refractivity contribution in [3.63, 3.8) is 0 Å². The van der Waals surface area contributed by atoms with Gasteiger partial charge in [0.1, 0.15) is 0 Å². The second-order valence-electron chi connectivity index (χ2n) is 0.628. The maximum atomic E-state index is 4.53. The van der Waals surface area contributed by atoms with Crippen molar-refractivity contribution in [2.24, 2.45) is 0 Å². The number of hydrogen-bond donors (Lipinski definition) is 0. The molecular weight excluding hydrogens is 118 g/mol. The SMILES string of the molecule is [S-]c1nnns1. The van der Waals surface area contributed by atoms with Crippen molar-refractivity contribution in [3.8, 4) is 0 Å². The van der Waals surface area contributed by atoms with Gasteiger partial charge in [0, 0.05) is 4.34 Å². The van der Waals surface area contributed by atoms with Gasteiger partial charge < -0.3 is 12.6 Å². The third-order valence-electron chi connectivity index (χ3n) is 0.282. The molecule has 0 aliphatic carbocycles. The van der Waals surface area contributed by atoms with Crippen LogP contribution in [-0.2, 0) is 12.6 Å². The lowest BCUT2D eigenvalue weighted by molar-refractivity contribution is 0.916. The molecule has 0 atom stereocenters. The first-order valence-electron chi connectivity index (χ1n) is 1.21. The van der Waals surface area contributed by atoms with Crippen LogP contribution >= 0.6 is 11.5 Å². The predicted molar refractivity (Wildman–Crippen MR) is 23.3 cm³/mol. The molecule has 3 nitrogen and oxygen atoms in total. The van der Waals surface area contributed by atoms with Crippen molar-refractivity contribution in [1.82, 2.24) is 14.8 Å². The molecule has 32 valence electrons. The van der Waals surface area contributed by atoms with E-state index in [1.54, 1.807) is 0 Å². The Kier molecular flexibility index (Phi) is 0.932. The maximum absolute atomic E-state index is 4.53. The summed E-state index contributed by atoms with van der Waals surface area (Å²) in [5.41, 5.74) is 0. The van der Waals surface area contributed by atoms with Gasteiger partial charge in [-0.3, -0.25) is 0 Å². The Morgan fingerprint density at radius 1 is 1.67 bits per heavy atom. The number of hydrogen-bond acceptors (Lipinski definition) is 5. The van der Waals surface area contributed by atoms with Crippen LogP contribution in [0.4, 0.5) is 0 Å². The third kappa shape index (κ3) is 0.605. The van der Waals surface area contributed by atoms with Crippen molar-refractivity contribution in [3.05, 3.63) is 0 Å². The third-order valence-corrected chi connectivity index (χ3v) is 0.980. The van der Waals surface area contributed by atoms with Crippen molar-refractivity contribution in [2.45, 2.75) is 4.34 Å². The molecule has 0 radical (unpaired) electrons. The zero-order valence-electron chi connectivity index (χ0n) is 2.66. The van der Waals surface area contributed by atoms with Gasteiger partial charge in [-0.05, 0) is 0 Å². The normalized spacial score (nSPS) is 8.67. The minimum Gasteiger partial charge on any atom is -0.405 e. The lowest BCUT2D eigenvalue weighted by atomic mass is 11.6. The minimum atomic E-state index is 0.495. The molecule has 6 heavy (non-hydrogen) atoms. The van der Waals surface area contributed by atoms with Gasteiger partial charge in [-0.25, -0.2) is 11.5 Å². The fraction of sp³-hybridized carbons (Fsp3) is 0. The van der Waals surface area contributed by atoms with E-state index in [1.165, 1.54) is 0 Å². The average molecular weight is 118 g/mol. The number of aromatic nitrogens is 3. The highest BCUT2D eigenvalue weighted by Crippen LogP contribution is 1.90. The molecule has 0 spiro atoms. The topological polar surface area (TPSA) is 38.7 Å². The summed E-state index contributed by atoms with van der Waals surface area (Å²) < 4.78 is 3.89. The standard InChI is InChI=1S/CHN3S2/c5-1-2-3-4-6-1/h(H,2,4,5)/p-1. The second-order valence-corrected chi connectivity index (χ2v) is 2.01. The summed E-state index contributed by atoms with van der Waals surface area (Å²) in [6.45, 7) is 0. The first-order valence-corrected chi connectivity index (χ1v) is 2.40. The van der Waals surface area contributed by atoms with E-state index in [-0.39, 0.29) is 0 Å². The zero-order valence-corrected chi connectivity index (χ0v) is 4.29. The Hall–Kier alpha value is -0.290. The zero-order chi connectivity index (χ0) is 4.41. The Bertz CT molecular complexity index is 112. The van der Waals surface area contributed by atoms with Gasteiger partial charge in [-0.1, -0.05) is 5.21 Å². The van der Waals surface area contributed by atoms with Crippen LogP contribution in [0.3, 0.4) is 0 Å². The number of nitrogens with zero attached hydrogens (tertiary/aromatic N) is 3. The summed E-state index contributed by atoms with van der Waals surface area (Å²) in [7, 11) is 0. The lowest BCUT2D eigenvalue weighted by Crippen LogP contribution is -1.66. The highest BCUT2D eigenvalue weighted by atomic mass is 32.2. The predicted octanol–water partition coefficient (Wildman–Crippen LogP) is -0.161. The quantitative estimate of drug-likeness (QED) is 0.444. The van der Waals surface area contributed by atoms with Gasteiger partial charge in [0.15, 0.2) is 0 Å². The summed E-state index contributed by atoms with van der Waals surface area (Å²) in [5.74, 6) is 0. The lowest BCUT2D eigenvalue weighted by Gasteiger charge is -1.76. The van der Waals surface area contributed by atoms with Gasteiger partial charge in [0.2, 0.25) is 0 Å². The van der Waals surface area contributed by atoms with Crippen LogP contribution in [-0.4, -0.2) is 14.8 Å². The van der Waals surface area contributed by atoms with Gasteiger partial charge >= 0.3 is 0 Å². The molecule has 0 amide bonds. The molecule has 1 heterocycles. The van der Waals surface area contributed by atoms with Gasteiger partial charge in [0.05, 0.1) is 0 Å². The Labute approximate surface area is 44.0 Å². The molecule has 1 aromatic heterocycles. The molecule has 0 unspecified atom stereocenters. The van der Waals surface area contributed by atoms with E-state index in [2.05, 4.69) is 27.4 Å². The van der Waals surface area contributed by atoms with E-state index in [4.69, 9.17) is 0 Å². The first-order chi connectivity index (χ1) is 2.89. The van der Waals surface area contributed by atoms with E-state index in [0.29, 0.717) is 4.34 Å². The van der Waals surface area contributed by atoms with Crippen LogP contribution < -0.4 is 0 Å². The summed E-state index contributed by atoms with van der Waals surface area (Å²) in [5, 5.41) is 6.62. The smallest absolute Gasteiger partial charge is 0.0151 e. The second kappa shape index (κ2) is 1.44. The van der Waals surface area contributed by atoms with Crippen molar-refractivity contribution in [1.29, 1.82) is 0 Å². The Morgan fingerprint density at radius 3 is 2.67 bits per heavy atom. The molecule has 0 aromatic carbocycles. The molecule has 0 fully saturated rings. The van der Waals surface area contributed by atoms with Crippen LogP contribution in [0.5, 0.6) is 0 Å². The fourth-order valence-corrected chi connectivity index (χ4v) is 0.479. The van der Waals surface area contributed by atoms with E-state index in [1.807, 2.05) is 0 Å². The fourth-order valence-electron chi connectivity index (χ4n) is 0.126. The first kappa shape index (κ1) is 3.89. The van der Waals surface area contributed by atoms with E-state index < -0.39 is 0 Å². The molecule has 0 aliphatic heterocycles. The Balaban J connectivity index is 3.05. The highest BCUT2D eigenvalue weighted by Gasteiger charge is 1.66. The van der Waals surface area contributed by atoms with Crippen LogP contribution in [0.15, 0.2) is 4.34 Å². The monoisotopic (exact) mass is 118 g/mol. The van der Waals surface area contributed by atoms with Crippen molar-refractivity contribution in [2.75, 3.05) is 0 Å². The average Bonchev–Trinajstić information content (AvgIpc) is 1.86. The summed E-state index contributed by atoms with van der Waals surface area (Å²) >= 11 is 5.65. The summed E-state index contributed by atoms with van der Waals surface area (Å²) in [6, 6.07) is 0. The minimum absolute atomic E-state index is 0.495. The van der Waals surface area contributed by atoms with Crippen LogP contribution in [0.2, 0.25) is 0 Å². The van der Waals surface area contributed by atoms with E-state index in [0.717, 1.165) is 11.5 Å². The molecule has 5 heteroatoms. The van der Waals surface area contributed by atoms with Gasteiger partial charge in [0.25, 0.3) is 0 Å². The van der Waals surface area contributed by atoms with Gasteiger partial charge in [-0.2, -0.15) is 9.59 Å². The van der Waals surface area contributed by atoms with Crippen LogP contribution in [0.1, 0.15) is 0 Å². The molecule has 0 bridgehead atoms. The number of rotatable bonds is 0. The molecular formula is CN3S2-. The molecule has 1 rings (SSSR count). The molecule has 0 saturated carbocycles. The van der Waals surface area contributed by atoms with Gasteiger partial charge in [-0.15, -0.1) is 0 Å². The van der Waals surface area contributed by atoms with Crippen LogP contribution in [0, 0.1) is 0 Å². The molecule has 0 saturated heterocycles. The van der Waals surface area contributed by atoms with Crippen molar-refractivity contribution < 1.29 is 0 Å². The molecule has 1 aromatic rings. The van der Waals surface area contributed by atoms with E-state index in [9.17, 15) is 0 Å². The summed E-state index contributed by atoms with van der Waals surface area (Å²) in [4.78, 5) is 0. The molecule has 0 N–H and O–H groups in total. The summed E-state index contributed by atoms with van der Waals surface area (Å²) in [6.07, 6.45) is 0. The van der Waals surface area contributed by atoms with Crippen molar-refractivity contribution >= 4 is 24.2 Å². The van der Waals surface area contributed by atoms with E-state index >= 15 is 0 Å². The van der Waals surface area contributed by atoms with Crippen LogP contribution in [0.25, 0.3) is 0 Å². The highest BCUT2D eigenvalue weighted by molar-refractivity contribution is 7.62. The molecule has 0 aliphatic rings. The Morgan fingerprint density at radius 2 is 2.50 bits per heavy atom. The largest absolute Gasteiger partial charge is 0.405 e. The maximum Gasteiger partial charge on any atom is 0.0151 e.